The normalized spacial score (nSPS) is 15.8. The molecule has 0 saturated heterocycles. The summed E-state index contributed by atoms with van der Waals surface area (Å²) in [4.78, 5) is 12.1. The number of hydrogen-bond donors (Lipinski definition) is 2. The third-order valence-corrected chi connectivity index (χ3v) is 4.08. The van der Waals surface area contributed by atoms with Crippen LogP contribution in [0.1, 0.15) is 45.1 Å². The third kappa shape index (κ3) is 2.83. The van der Waals surface area contributed by atoms with E-state index in [4.69, 9.17) is 5.73 Å². The van der Waals surface area contributed by atoms with Crippen LogP contribution in [0.15, 0.2) is 42.5 Å². The summed E-state index contributed by atoms with van der Waals surface area (Å²) in [5.74, 6) is 0.0143. The van der Waals surface area contributed by atoms with Gasteiger partial charge in [-0.15, -0.1) is 0 Å². The van der Waals surface area contributed by atoms with Crippen molar-refractivity contribution in [3.05, 3.63) is 70.3 Å². The topological polar surface area (TPSA) is 55.1 Å². The van der Waals surface area contributed by atoms with E-state index in [9.17, 15) is 4.79 Å². The second-order valence-corrected chi connectivity index (χ2v) is 5.66. The molecule has 1 aliphatic heterocycles. The highest BCUT2D eigenvalue weighted by molar-refractivity contribution is 5.96. The molecule has 0 aliphatic carbocycles. The molecule has 1 aliphatic rings. The van der Waals surface area contributed by atoms with Gasteiger partial charge >= 0.3 is 0 Å². The molecule has 21 heavy (non-hydrogen) atoms. The van der Waals surface area contributed by atoms with Crippen molar-refractivity contribution < 1.29 is 4.79 Å². The van der Waals surface area contributed by atoms with Gasteiger partial charge in [-0.2, -0.15) is 0 Å². The van der Waals surface area contributed by atoms with Crippen molar-refractivity contribution >= 4 is 5.91 Å². The van der Waals surface area contributed by atoms with Crippen LogP contribution in [0.2, 0.25) is 0 Å². The van der Waals surface area contributed by atoms with E-state index in [-0.39, 0.29) is 11.9 Å². The lowest BCUT2D eigenvalue weighted by atomic mass is 9.94. The fraction of sp³-hybridized carbons (Fsp3) is 0.278. The average Bonchev–Trinajstić information content (AvgIpc) is 2.69. The summed E-state index contributed by atoms with van der Waals surface area (Å²) in [5.41, 5.74) is 11.5. The Morgan fingerprint density at radius 2 is 1.81 bits per heavy atom. The van der Waals surface area contributed by atoms with Crippen LogP contribution in [0.5, 0.6) is 0 Å². The third-order valence-electron chi connectivity index (χ3n) is 4.08. The number of carbonyl (C=O) groups is 1. The van der Waals surface area contributed by atoms with Gasteiger partial charge in [-0.05, 0) is 42.5 Å². The Balaban J connectivity index is 1.96. The number of nitrogens with two attached hydrogens (primary N) is 1. The molecule has 108 valence electrons. The maximum absolute atomic E-state index is 12.1. The molecule has 0 bridgehead atoms. The molecule has 1 amide bonds. The molecular formula is C18H20N2O. The van der Waals surface area contributed by atoms with Crippen LogP contribution in [0.3, 0.4) is 0 Å². The van der Waals surface area contributed by atoms with Gasteiger partial charge in [0.2, 0.25) is 0 Å². The summed E-state index contributed by atoms with van der Waals surface area (Å²) >= 11 is 0. The van der Waals surface area contributed by atoms with Gasteiger partial charge in [-0.25, -0.2) is 0 Å². The second-order valence-electron chi connectivity index (χ2n) is 5.66. The van der Waals surface area contributed by atoms with Crippen molar-refractivity contribution in [2.75, 3.05) is 6.54 Å². The van der Waals surface area contributed by atoms with Crippen LogP contribution in [-0.2, 0) is 6.42 Å². The zero-order valence-electron chi connectivity index (χ0n) is 12.2. The molecule has 2 aromatic rings. The Morgan fingerprint density at radius 1 is 1.10 bits per heavy atom. The predicted octanol–water partition coefficient (Wildman–Crippen LogP) is 2.72. The first-order valence-corrected chi connectivity index (χ1v) is 7.38. The standard InChI is InChI=1S/C18H20N2O/c1-12-4-6-14(7-5-12)17(19)15-9-8-13-3-2-10-20-18(21)16(13)11-15/h4-9,11,17H,2-3,10,19H2,1H3,(H,20,21). The van der Waals surface area contributed by atoms with Crippen molar-refractivity contribution in [1.29, 1.82) is 0 Å². The van der Waals surface area contributed by atoms with Crippen molar-refractivity contribution in [1.82, 2.24) is 5.32 Å². The van der Waals surface area contributed by atoms with E-state index in [2.05, 4.69) is 24.4 Å². The summed E-state index contributed by atoms with van der Waals surface area (Å²) in [6.45, 7) is 2.80. The Bertz CT molecular complexity index is 661. The maximum Gasteiger partial charge on any atom is 0.251 e. The van der Waals surface area contributed by atoms with Crippen LogP contribution in [-0.4, -0.2) is 12.5 Å². The summed E-state index contributed by atoms with van der Waals surface area (Å²) in [6.07, 6.45) is 1.93. The fourth-order valence-corrected chi connectivity index (χ4v) is 2.76. The van der Waals surface area contributed by atoms with Crippen LogP contribution in [0.4, 0.5) is 0 Å². The van der Waals surface area contributed by atoms with Gasteiger partial charge in [0.25, 0.3) is 5.91 Å². The van der Waals surface area contributed by atoms with E-state index in [0.717, 1.165) is 41.6 Å². The quantitative estimate of drug-likeness (QED) is 0.888. The molecular weight excluding hydrogens is 260 g/mol. The van der Waals surface area contributed by atoms with Crippen molar-refractivity contribution in [2.45, 2.75) is 25.8 Å². The molecule has 1 atom stereocenters. The van der Waals surface area contributed by atoms with E-state index < -0.39 is 0 Å². The summed E-state index contributed by atoms with van der Waals surface area (Å²) < 4.78 is 0. The minimum Gasteiger partial charge on any atom is -0.352 e. The first-order chi connectivity index (χ1) is 10.1. The number of benzene rings is 2. The lowest BCUT2D eigenvalue weighted by Crippen LogP contribution is -2.23. The molecule has 0 spiro atoms. The number of amides is 1. The van der Waals surface area contributed by atoms with Gasteiger partial charge in [0, 0.05) is 12.1 Å². The Hall–Kier alpha value is -2.13. The molecule has 1 heterocycles. The fourth-order valence-electron chi connectivity index (χ4n) is 2.76. The van der Waals surface area contributed by atoms with Crippen molar-refractivity contribution in [3.8, 4) is 0 Å². The molecule has 0 saturated carbocycles. The van der Waals surface area contributed by atoms with Gasteiger partial charge in [-0.1, -0.05) is 42.0 Å². The van der Waals surface area contributed by atoms with Gasteiger partial charge in [-0.3, -0.25) is 4.79 Å². The maximum atomic E-state index is 12.1. The molecule has 0 radical (unpaired) electrons. The molecule has 3 heteroatoms. The zero-order valence-corrected chi connectivity index (χ0v) is 12.2. The minimum absolute atomic E-state index is 0.0143. The number of nitrogens with one attached hydrogen (secondary N) is 1. The minimum atomic E-state index is -0.202. The Morgan fingerprint density at radius 3 is 2.57 bits per heavy atom. The number of carbonyl (C=O) groups excluding carboxylic acids is 1. The first-order valence-electron chi connectivity index (χ1n) is 7.38. The highest BCUT2D eigenvalue weighted by Crippen LogP contribution is 2.24. The van der Waals surface area contributed by atoms with Gasteiger partial charge in [0.05, 0.1) is 6.04 Å². The van der Waals surface area contributed by atoms with E-state index in [0.29, 0.717) is 0 Å². The van der Waals surface area contributed by atoms with E-state index in [1.807, 2.05) is 30.3 Å². The Labute approximate surface area is 125 Å². The SMILES string of the molecule is Cc1ccc(C(N)c2ccc3c(c2)C(=O)NCCC3)cc1. The lowest BCUT2D eigenvalue weighted by molar-refractivity contribution is 0.0956. The van der Waals surface area contributed by atoms with Crippen LogP contribution in [0.25, 0.3) is 0 Å². The number of rotatable bonds is 2. The number of hydrogen-bond acceptors (Lipinski definition) is 2. The molecule has 1 unspecified atom stereocenters. The highest BCUT2D eigenvalue weighted by Gasteiger charge is 2.17. The molecule has 2 aromatic carbocycles. The van der Waals surface area contributed by atoms with E-state index in [1.54, 1.807) is 0 Å². The van der Waals surface area contributed by atoms with Gasteiger partial charge in [0.1, 0.15) is 0 Å². The number of fused-ring (bicyclic) bond motifs is 1. The lowest BCUT2D eigenvalue weighted by Gasteiger charge is -2.15. The predicted molar refractivity (Wildman–Crippen MR) is 84.3 cm³/mol. The van der Waals surface area contributed by atoms with E-state index >= 15 is 0 Å². The van der Waals surface area contributed by atoms with E-state index in [1.165, 1.54) is 5.56 Å². The van der Waals surface area contributed by atoms with Gasteiger partial charge in [0.15, 0.2) is 0 Å². The summed E-state index contributed by atoms with van der Waals surface area (Å²) in [5, 5.41) is 2.93. The molecule has 3 N–H and O–H groups in total. The smallest absolute Gasteiger partial charge is 0.251 e. The average molecular weight is 280 g/mol. The first kappa shape index (κ1) is 13.8. The summed E-state index contributed by atoms with van der Waals surface area (Å²) in [7, 11) is 0. The van der Waals surface area contributed by atoms with Crippen LogP contribution < -0.4 is 11.1 Å². The van der Waals surface area contributed by atoms with Gasteiger partial charge < -0.3 is 11.1 Å². The Kier molecular flexibility index (Phi) is 3.76. The van der Waals surface area contributed by atoms with Crippen LogP contribution in [0, 0.1) is 6.92 Å². The highest BCUT2D eigenvalue weighted by atomic mass is 16.1. The molecule has 0 fully saturated rings. The molecule has 3 nitrogen and oxygen atoms in total. The second kappa shape index (κ2) is 5.70. The molecule has 0 aromatic heterocycles. The van der Waals surface area contributed by atoms with Crippen LogP contribution >= 0.6 is 0 Å². The largest absolute Gasteiger partial charge is 0.352 e. The monoisotopic (exact) mass is 280 g/mol. The summed E-state index contributed by atoms with van der Waals surface area (Å²) in [6, 6.07) is 14.0. The van der Waals surface area contributed by atoms with Crippen molar-refractivity contribution in [2.24, 2.45) is 5.73 Å². The zero-order chi connectivity index (χ0) is 14.8. The number of aryl methyl sites for hydroxylation is 2. The molecule has 3 rings (SSSR count). The van der Waals surface area contributed by atoms with Crippen molar-refractivity contribution in [3.63, 3.8) is 0 Å².